The number of carboxylic acid groups (broad SMARTS) is 1. The van der Waals surface area contributed by atoms with Gasteiger partial charge in [0, 0.05) is 18.3 Å². The molecule has 6 nitrogen and oxygen atoms in total. The van der Waals surface area contributed by atoms with Gasteiger partial charge in [0.05, 0.1) is 25.8 Å². The van der Waals surface area contributed by atoms with Crippen LogP contribution in [0.3, 0.4) is 0 Å². The van der Waals surface area contributed by atoms with Crippen molar-refractivity contribution in [2.24, 2.45) is 11.8 Å². The van der Waals surface area contributed by atoms with Gasteiger partial charge in [-0.3, -0.25) is 4.79 Å². The van der Waals surface area contributed by atoms with Crippen LogP contribution in [0.15, 0.2) is 30.6 Å². The fraction of sp³-hybridized carbons (Fsp3) is 0.560. The van der Waals surface area contributed by atoms with Crippen molar-refractivity contribution in [2.75, 3.05) is 13.2 Å². The highest BCUT2D eigenvalue weighted by Crippen LogP contribution is 2.45. The molecule has 0 spiro atoms. The van der Waals surface area contributed by atoms with Crippen molar-refractivity contribution < 1.29 is 23.8 Å². The summed E-state index contributed by atoms with van der Waals surface area (Å²) in [7, 11) is 0. The van der Waals surface area contributed by atoms with Crippen LogP contribution < -0.4 is 9.47 Å². The fourth-order valence-corrected chi connectivity index (χ4v) is 4.79. The maximum absolute atomic E-state index is 14.3. The second-order valence-corrected chi connectivity index (χ2v) is 8.97. The molecule has 32 heavy (non-hydrogen) atoms. The van der Waals surface area contributed by atoms with E-state index >= 15 is 0 Å². The molecule has 1 atom stereocenters. The minimum atomic E-state index is -0.767. The molecule has 2 heterocycles. The summed E-state index contributed by atoms with van der Waals surface area (Å²) in [5.41, 5.74) is 1.70. The van der Waals surface area contributed by atoms with Crippen LogP contribution in [0, 0.1) is 17.7 Å². The monoisotopic (exact) mass is 442 g/mol. The van der Waals surface area contributed by atoms with Gasteiger partial charge in [0.2, 0.25) is 11.8 Å². The van der Waals surface area contributed by atoms with Gasteiger partial charge >= 0.3 is 5.97 Å². The number of aromatic nitrogens is 2. The van der Waals surface area contributed by atoms with Gasteiger partial charge in [0.15, 0.2) is 0 Å². The number of rotatable bonds is 10. The molecule has 0 bridgehead atoms. The Hall–Kier alpha value is -2.70. The Labute approximate surface area is 188 Å². The smallest absolute Gasteiger partial charge is 0.303 e. The van der Waals surface area contributed by atoms with Gasteiger partial charge in [-0.05, 0) is 86.3 Å². The Balaban J connectivity index is 1.31. The van der Waals surface area contributed by atoms with Crippen LogP contribution in [0.5, 0.6) is 11.8 Å². The molecule has 0 aromatic carbocycles. The molecule has 2 saturated carbocycles. The van der Waals surface area contributed by atoms with Gasteiger partial charge < -0.3 is 14.6 Å². The zero-order chi connectivity index (χ0) is 22.5. The van der Waals surface area contributed by atoms with E-state index in [1.165, 1.54) is 6.20 Å². The molecular formula is C25H31FN2O4. The minimum absolute atomic E-state index is 0.0325. The molecule has 1 unspecified atom stereocenters. The zero-order valence-corrected chi connectivity index (χ0v) is 18.5. The molecule has 2 aliphatic rings. The van der Waals surface area contributed by atoms with Gasteiger partial charge in [0.1, 0.15) is 5.82 Å². The predicted molar refractivity (Wildman–Crippen MR) is 118 cm³/mol. The van der Waals surface area contributed by atoms with Gasteiger partial charge in [-0.15, -0.1) is 0 Å². The number of nitrogens with zero attached hydrogens (tertiary/aromatic N) is 2. The first-order valence-corrected chi connectivity index (χ1v) is 11.6. The van der Waals surface area contributed by atoms with Crippen molar-refractivity contribution in [1.82, 2.24) is 9.97 Å². The molecule has 0 aliphatic heterocycles. The maximum Gasteiger partial charge on any atom is 0.303 e. The molecule has 2 aromatic heterocycles. The summed E-state index contributed by atoms with van der Waals surface area (Å²) >= 11 is 0. The van der Waals surface area contributed by atoms with Crippen molar-refractivity contribution in [3.63, 3.8) is 0 Å². The van der Waals surface area contributed by atoms with E-state index in [-0.39, 0.29) is 24.1 Å². The molecule has 4 rings (SSSR count). The number of carbonyl (C=O) groups is 1. The highest BCUT2D eigenvalue weighted by molar-refractivity contribution is 5.68. The number of carboxylic acids is 1. The van der Waals surface area contributed by atoms with E-state index in [9.17, 15) is 14.3 Å². The van der Waals surface area contributed by atoms with Crippen molar-refractivity contribution >= 4 is 5.97 Å². The lowest BCUT2D eigenvalue weighted by molar-refractivity contribution is -0.137. The lowest BCUT2D eigenvalue weighted by atomic mass is 9.79. The van der Waals surface area contributed by atoms with E-state index in [0.717, 1.165) is 44.1 Å². The predicted octanol–water partition coefficient (Wildman–Crippen LogP) is 5.34. The van der Waals surface area contributed by atoms with Gasteiger partial charge in [0.25, 0.3) is 0 Å². The van der Waals surface area contributed by atoms with E-state index in [0.29, 0.717) is 42.4 Å². The third-order valence-corrected chi connectivity index (χ3v) is 6.68. The largest absolute Gasteiger partial charge is 0.481 e. The van der Waals surface area contributed by atoms with E-state index in [1.54, 1.807) is 12.3 Å². The average molecular weight is 443 g/mol. The normalized spacial score (nSPS) is 21.7. The Morgan fingerprint density at radius 1 is 1.12 bits per heavy atom. The molecule has 172 valence electrons. The van der Waals surface area contributed by atoms with E-state index < -0.39 is 5.97 Å². The van der Waals surface area contributed by atoms with Crippen LogP contribution in [-0.2, 0) is 4.79 Å². The number of pyridine rings is 2. The van der Waals surface area contributed by atoms with Crippen LogP contribution in [0.2, 0.25) is 0 Å². The summed E-state index contributed by atoms with van der Waals surface area (Å²) in [4.78, 5) is 19.6. The van der Waals surface area contributed by atoms with Gasteiger partial charge in [-0.25, -0.2) is 14.4 Å². The first kappa shape index (κ1) is 22.5. The molecule has 2 aliphatic carbocycles. The quantitative estimate of drug-likeness (QED) is 0.535. The minimum Gasteiger partial charge on any atom is -0.481 e. The number of halogens is 1. The fourth-order valence-electron chi connectivity index (χ4n) is 4.79. The summed E-state index contributed by atoms with van der Waals surface area (Å²) in [5.74, 6) is 1.06. The number of hydrogen-bond acceptors (Lipinski definition) is 5. The van der Waals surface area contributed by atoms with E-state index in [4.69, 9.17) is 9.47 Å². The third kappa shape index (κ3) is 5.75. The van der Waals surface area contributed by atoms with Crippen molar-refractivity contribution in [1.29, 1.82) is 0 Å². The van der Waals surface area contributed by atoms with Crippen LogP contribution >= 0.6 is 0 Å². The highest BCUT2D eigenvalue weighted by atomic mass is 19.1. The zero-order valence-electron chi connectivity index (χ0n) is 18.5. The maximum atomic E-state index is 14.3. The first-order chi connectivity index (χ1) is 15.5. The van der Waals surface area contributed by atoms with Crippen LogP contribution in [0.1, 0.15) is 74.8 Å². The van der Waals surface area contributed by atoms with Crippen LogP contribution in [0.25, 0.3) is 0 Å². The molecule has 2 fully saturated rings. The molecule has 0 amide bonds. The molecule has 1 N–H and O–H groups in total. The van der Waals surface area contributed by atoms with Crippen molar-refractivity contribution in [3.05, 3.63) is 47.5 Å². The third-order valence-electron chi connectivity index (χ3n) is 6.68. The molecule has 0 radical (unpaired) electrons. The Morgan fingerprint density at radius 3 is 2.56 bits per heavy atom. The topological polar surface area (TPSA) is 81.5 Å². The lowest BCUT2D eigenvalue weighted by Gasteiger charge is -2.29. The average Bonchev–Trinajstić information content (AvgIpc) is 3.63. The highest BCUT2D eigenvalue weighted by Gasteiger charge is 2.34. The summed E-state index contributed by atoms with van der Waals surface area (Å²) in [6.07, 6.45) is 9.00. The van der Waals surface area contributed by atoms with Crippen LogP contribution in [0.4, 0.5) is 4.39 Å². The molecule has 2 aromatic rings. The SMILES string of the molecule is CCOc1cc([C@H]2CC[C@@H](COc3cc(C(CC(=O)O)C4CC4)ccn3)CC2)c(F)cn1. The second-order valence-electron chi connectivity index (χ2n) is 8.97. The summed E-state index contributed by atoms with van der Waals surface area (Å²) in [6, 6.07) is 5.55. The van der Waals surface area contributed by atoms with E-state index in [2.05, 4.69) is 9.97 Å². The lowest BCUT2D eigenvalue weighted by Crippen LogP contribution is -2.20. The van der Waals surface area contributed by atoms with Crippen LogP contribution in [-0.4, -0.2) is 34.3 Å². The van der Waals surface area contributed by atoms with Gasteiger partial charge in [-0.1, -0.05) is 0 Å². The number of hydrogen-bond donors (Lipinski definition) is 1. The van der Waals surface area contributed by atoms with E-state index in [1.807, 2.05) is 19.1 Å². The summed E-state index contributed by atoms with van der Waals surface area (Å²) < 4.78 is 25.7. The van der Waals surface area contributed by atoms with Crippen molar-refractivity contribution in [2.45, 2.75) is 63.7 Å². The summed E-state index contributed by atoms with van der Waals surface area (Å²) in [5, 5.41) is 9.25. The molecule has 0 saturated heterocycles. The standard InChI is InChI=1S/C25H31FN2O4/c1-2-31-24-12-21(22(26)14-28-24)18-5-3-16(4-6-18)15-32-23-11-19(9-10-27-23)20(13-25(29)30)17-7-8-17/h9-12,14,16-18,20H,2-8,13,15H2,1H3,(H,29,30)/t16-,18+,20?. The molecule has 7 heteroatoms. The Bertz CT molecular complexity index is 926. The molecular weight excluding hydrogens is 411 g/mol. The number of ether oxygens (including phenoxy) is 2. The Kier molecular flexibility index (Phi) is 7.22. The van der Waals surface area contributed by atoms with Gasteiger partial charge in [-0.2, -0.15) is 0 Å². The van der Waals surface area contributed by atoms with Crippen molar-refractivity contribution in [3.8, 4) is 11.8 Å². The number of aliphatic carboxylic acids is 1. The summed E-state index contributed by atoms with van der Waals surface area (Å²) in [6.45, 7) is 2.97. The Morgan fingerprint density at radius 2 is 1.88 bits per heavy atom. The second kappa shape index (κ2) is 10.3. The first-order valence-electron chi connectivity index (χ1n) is 11.6.